The van der Waals surface area contributed by atoms with Crippen molar-refractivity contribution in [1.82, 2.24) is 9.88 Å². The normalized spacial score (nSPS) is 15.6. The number of piperidine rings is 1. The van der Waals surface area contributed by atoms with Gasteiger partial charge in [-0.25, -0.2) is 13.2 Å². The summed E-state index contributed by atoms with van der Waals surface area (Å²) >= 11 is 0. The Morgan fingerprint density at radius 1 is 1.11 bits per heavy atom. The van der Waals surface area contributed by atoms with Crippen molar-refractivity contribution < 1.29 is 32.5 Å². The number of pyridine rings is 1. The second-order valence-corrected chi connectivity index (χ2v) is 9.51. The fourth-order valence-electron chi connectivity index (χ4n) is 5.09. The Bertz CT molecular complexity index is 1220. The van der Waals surface area contributed by atoms with E-state index in [4.69, 9.17) is 9.47 Å². The van der Waals surface area contributed by atoms with Gasteiger partial charge in [0, 0.05) is 41.9 Å². The Kier molecular flexibility index (Phi) is 8.53. The van der Waals surface area contributed by atoms with Gasteiger partial charge in [-0.3, -0.25) is 14.7 Å². The number of rotatable bonds is 11. The van der Waals surface area contributed by atoms with Crippen LogP contribution in [-0.2, 0) is 17.9 Å². The van der Waals surface area contributed by atoms with Gasteiger partial charge in [0.05, 0.1) is 18.0 Å². The first-order chi connectivity index (χ1) is 17.8. The summed E-state index contributed by atoms with van der Waals surface area (Å²) in [5.41, 5.74) is 1.25. The van der Waals surface area contributed by atoms with Gasteiger partial charge < -0.3 is 14.6 Å². The van der Waals surface area contributed by atoms with Crippen molar-refractivity contribution in [2.75, 3.05) is 33.4 Å². The number of benzene rings is 2. The monoisotopic (exact) mass is 516 g/mol. The van der Waals surface area contributed by atoms with Gasteiger partial charge in [-0.1, -0.05) is 0 Å². The number of carbonyl (C=O) groups is 1. The number of hydrogen-bond acceptors (Lipinski definition) is 5. The topological polar surface area (TPSA) is 71.9 Å². The number of ether oxygens (including phenoxy) is 2. The zero-order valence-corrected chi connectivity index (χ0v) is 20.8. The molecule has 1 N–H and O–H groups in total. The summed E-state index contributed by atoms with van der Waals surface area (Å²) in [5.74, 6) is -1.42. The number of aliphatic carboxylic acids is 1. The third-order valence-corrected chi connectivity index (χ3v) is 7.28. The Labute approximate surface area is 214 Å². The molecule has 0 amide bonds. The summed E-state index contributed by atoms with van der Waals surface area (Å²) in [6.07, 6.45) is 4.15. The maximum atomic E-state index is 13.8. The second-order valence-electron chi connectivity index (χ2n) is 9.51. The lowest BCUT2D eigenvalue weighted by molar-refractivity contribution is -0.152. The highest BCUT2D eigenvalue weighted by atomic mass is 19.1. The number of carboxylic acids is 1. The first kappa shape index (κ1) is 26.7. The lowest BCUT2D eigenvalue weighted by Crippen LogP contribution is -2.45. The van der Waals surface area contributed by atoms with E-state index in [9.17, 15) is 23.1 Å². The first-order valence-corrected chi connectivity index (χ1v) is 12.4. The molecule has 0 radical (unpaired) electrons. The van der Waals surface area contributed by atoms with E-state index in [1.54, 1.807) is 13.3 Å². The number of methoxy groups -OCH3 is 1. The number of hydrogen-bond donors (Lipinski definition) is 1. The van der Waals surface area contributed by atoms with Crippen molar-refractivity contribution in [2.45, 2.75) is 38.8 Å². The van der Waals surface area contributed by atoms with Gasteiger partial charge in [0.1, 0.15) is 36.4 Å². The molecule has 0 aliphatic carbocycles. The van der Waals surface area contributed by atoms with Crippen LogP contribution < -0.4 is 9.47 Å². The highest BCUT2D eigenvalue weighted by Gasteiger charge is 2.40. The van der Waals surface area contributed by atoms with Crippen LogP contribution >= 0.6 is 0 Å². The Morgan fingerprint density at radius 2 is 1.84 bits per heavy atom. The molecule has 1 saturated heterocycles. The summed E-state index contributed by atoms with van der Waals surface area (Å²) in [7, 11) is 1.57. The minimum Gasteiger partial charge on any atom is -0.497 e. The lowest BCUT2D eigenvalue weighted by atomic mass is 9.74. The maximum Gasteiger partial charge on any atom is 0.309 e. The number of likely N-dealkylation sites (tertiary alicyclic amines) is 1. The molecule has 4 rings (SSSR count). The summed E-state index contributed by atoms with van der Waals surface area (Å²) < 4.78 is 51.2. The molecule has 1 fully saturated rings. The molecule has 0 saturated carbocycles. The van der Waals surface area contributed by atoms with Crippen LogP contribution in [0.4, 0.5) is 13.2 Å². The maximum absolute atomic E-state index is 13.8. The average Bonchev–Trinajstić information content (AvgIpc) is 2.88. The van der Waals surface area contributed by atoms with Gasteiger partial charge in [-0.15, -0.1) is 0 Å². The third-order valence-electron chi connectivity index (χ3n) is 7.28. The van der Waals surface area contributed by atoms with Crippen LogP contribution in [0.5, 0.6) is 11.5 Å². The smallest absolute Gasteiger partial charge is 0.309 e. The van der Waals surface area contributed by atoms with Crippen LogP contribution in [0.3, 0.4) is 0 Å². The fraction of sp³-hybridized carbons (Fsp3) is 0.429. The van der Waals surface area contributed by atoms with E-state index in [2.05, 4.69) is 9.88 Å². The molecule has 37 heavy (non-hydrogen) atoms. The molecule has 0 bridgehead atoms. The van der Waals surface area contributed by atoms with E-state index >= 15 is 0 Å². The van der Waals surface area contributed by atoms with E-state index in [1.165, 1.54) is 0 Å². The Balaban J connectivity index is 1.35. The third kappa shape index (κ3) is 6.33. The molecule has 198 valence electrons. The van der Waals surface area contributed by atoms with Crippen molar-refractivity contribution in [1.29, 1.82) is 0 Å². The van der Waals surface area contributed by atoms with E-state index < -0.39 is 29.7 Å². The van der Waals surface area contributed by atoms with Gasteiger partial charge in [0.15, 0.2) is 0 Å². The number of aryl methyl sites for hydroxylation is 1. The first-order valence-electron chi connectivity index (χ1n) is 12.4. The van der Waals surface area contributed by atoms with Crippen LogP contribution in [0.15, 0.2) is 42.6 Å². The predicted octanol–water partition coefficient (Wildman–Crippen LogP) is 5.56. The van der Waals surface area contributed by atoms with E-state index in [-0.39, 0.29) is 12.4 Å². The summed E-state index contributed by atoms with van der Waals surface area (Å²) in [6, 6.07) is 8.54. The van der Waals surface area contributed by atoms with Crippen molar-refractivity contribution in [3.05, 3.63) is 65.4 Å². The van der Waals surface area contributed by atoms with Crippen molar-refractivity contribution in [3.8, 4) is 11.5 Å². The molecular weight excluding hydrogens is 485 g/mol. The second kappa shape index (κ2) is 11.8. The van der Waals surface area contributed by atoms with Gasteiger partial charge in [0.25, 0.3) is 0 Å². The van der Waals surface area contributed by atoms with Crippen LogP contribution in [0.2, 0.25) is 0 Å². The molecular formula is C28H31F3N2O4. The number of carboxylic acid groups (broad SMARTS) is 1. The molecule has 0 spiro atoms. The van der Waals surface area contributed by atoms with Gasteiger partial charge in [-0.05, 0) is 69.0 Å². The quantitative estimate of drug-likeness (QED) is 0.360. The molecule has 6 nitrogen and oxygen atoms in total. The van der Waals surface area contributed by atoms with Crippen molar-refractivity contribution in [2.24, 2.45) is 5.41 Å². The number of nitrogens with zero attached hydrogens (tertiary/aromatic N) is 2. The summed E-state index contributed by atoms with van der Waals surface area (Å²) in [4.78, 5) is 18.8. The van der Waals surface area contributed by atoms with E-state index in [0.29, 0.717) is 63.1 Å². The molecule has 2 heterocycles. The van der Waals surface area contributed by atoms with E-state index in [1.807, 2.05) is 18.2 Å². The molecule has 2 aromatic carbocycles. The summed E-state index contributed by atoms with van der Waals surface area (Å²) in [5, 5.41) is 10.9. The minimum absolute atomic E-state index is 0.128. The molecule has 1 aliphatic rings. The zero-order chi connectivity index (χ0) is 26.4. The minimum atomic E-state index is -0.848. The van der Waals surface area contributed by atoms with Crippen LogP contribution in [-0.4, -0.2) is 54.3 Å². The molecule has 1 aliphatic heterocycles. The number of alkyl halides is 1. The highest BCUT2D eigenvalue weighted by Crippen LogP contribution is 2.38. The zero-order valence-electron chi connectivity index (χ0n) is 20.8. The van der Waals surface area contributed by atoms with Gasteiger partial charge >= 0.3 is 5.97 Å². The van der Waals surface area contributed by atoms with Gasteiger partial charge in [-0.2, -0.15) is 0 Å². The predicted molar refractivity (Wildman–Crippen MR) is 134 cm³/mol. The average molecular weight is 517 g/mol. The molecule has 0 unspecified atom stereocenters. The van der Waals surface area contributed by atoms with E-state index in [0.717, 1.165) is 34.7 Å². The Hall–Kier alpha value is -3.33. The van der Waals surface area contributed by atoms with Gasteiger partial charge in [0.2, 0.25) is 0 Å². The lowest BCUT2D eigenvalue weighted by Gasteiger charge is -2.39. The molecule has 0 atom stereocenters. The number of aromatic nitrogens is 1. The van der Waals surface area contributed by atoms with Crippen LogP contribution in [0.25, 0.3) is 10.9 Å². The fourth-order valence-corrected chi connectivity index (χ4v) is 5.09. The molecule has 1 aromatic heterocycles. The number of fused-ring (bicyclic) bond motifs is 1. The Morgan fingerprint density at radius 3 is 2.49 bits per heavy atom. The molecule has 3 aromatic rings. The largest absolute Gasteiger partial charge is 0.497 e. The summed E-state index contributed by atoms with van der Waals surface area (Å²) in [6.45, 7) is 1.29. The SMILES string of the molecule is COc1ccc2ncc(CF)c(CCCC3(C(=O)O)CCN(CCOc4cc(F)cc(F)c4)CC3)c2c1. The molecule has 9 heteroatoms. The van der Waals surface area contributed by atoms with Crippen LogP contribution in [0, 0.1) is 17.0 Å². The van der Waals surface area contributed by atoms with Crippen LogP contribution in [0.1, 0.15) is 36.8 Å². The van der Waals surface area contributed by atoms with Crippen molar-refractivity contribution in [3.63, 3.8) is 0 Å². The number of halogens is 3. The van der Waals surface area contributed by atoms with Crippen molar-refractivity contribution >= 4 is 16.9 Å². The highest BCUT2D eigenvalue weighted by molar-refractivity contribution is 5.84. The standard InChI is InChI=1S/C28H31F3N2O4/c1-36-22-4-5-26-25(16-22)24(19(17-29)18-32-26)3-2-6-28(27(34)35)7-9-33(10-8-28)11-12-37-23-14-20(30)13-21(31)15-23/h4-5,13-16,18H,2-3,6-12,17H2,1H3,(H,34,35).